The summed E-state index contributed by atoms with van der Waals surface area (Å²) in [5, 5.41) is 0.819. The third-order valence-corrected chi connectivity index (χ3v) is 2.66. The molecule has 0 saturated heterocycles. The van der Waals surface area contributed by atoms with Crippen LogP contribution in [0.2, 0.25) is 10.0 Å². The molecule has 0 unspecified atom stereocenters. The highest BCUT2D eigenvalue weighted by molar-refractivity contribution is 6.36. The van der Waals surface area contributed by atoms with E-state index in [0.29, 0.717) is 34.3 Å². The van der Waals surface area contributed by atoms with Crippen molar-refractivity contribution in [1.29, 1.82) is 0 Å². The maximum absolute atomic E-state index is 10.8. The first-order valence-electron chi connectivity index (χ1n) is 5.26. The third-order valence-electron chi connectivity index (χ3n) is 2.16. The largest absolute Gasteiger partial charge is 0.491 e. The molecule has 1 aromatic carbocycles. The van der Waals surface area contributed by atoms with E-state index < -0.39 is 0 Å². The number of halogens is 2. The molecule has 0 bridgehead atoms. The zero-order valence-electron chi connectivity index (χ0n) is 9.13. The van der Waals surface area contributed by atoms with E-state index in [4.69, 9.17) is 27.9 Å². The Morgan fingerprint density at radius 2 is 2.06 bits per heavy atom. The zero-order chi connectivity index (χ0) is 12.0. The fraction of sp³-hybridized carbons (Fsp3) is 0.417. The van der Waals surface area contributed by atoms with Crippen LogP contribution in [0.4, 0.5) is 0 Å². The first-order chi connectivity index (χ1) is 7.69. The summed E-state index contributed by atoms with van der Waals surface area (Å²) in [6.07, 6.45) is 3.88. The van der Waals surface area contributed by atoms with E-state index in [2.05, 4.69) is 6.92 Å². The normalized spacial score (nSPS) is 10.2. The van der Waals surface area contributed by atoms with E-state index in [-0.39, 0.29) is 0 Å². The van der Waals surface area contributed by atoms with Gasteiger partial charge in [0.15, 0.2) is 6.29 Å². The molecule has 0 N–H and O–H groups in total. The van der Waals surface area contributed by atoms with E-state index in [0.717, 1.165) is 19.3 Å². The van der Waals surface area contributed by atoms with Crippen LogP contribution < -0.4 is 4.74 Å². The molecule has 0 aliphatic rings. The Labute approximate surface area is 106 Å². The Morgan fingerprint density at radius 1 is 1.31 bits per heavy atom. The Morgan fingerprint density at radius 3 is 2.69 bits per heavy atom. The summed E-state index contributed by atoms with van der Waals surface area (Å²) in [5.74, 6) is 0.428. The molecular formula is C12H14Cl2O2. The Balaban J connectivity index is 2.74. The second-order valence-electron chi connectivity index (χ2n) is 3.48. The van der Waals surface area contributed by atoms with Crippen molar-refractivity contribution in [3.63, 3.8) is 0 Å². The van der Waals surface area contributed by atoms with Crippen molar-refractivity contribution in [2.75, 3.05) is 6.61 Å². The van der Waals surface area contributed by atoms with Gasteiger partial charge in [-0.2, -0.15) is 0 Å². The van der Waals surface area contributed by atoms with E-state index in [9.17, 15) is 4.79 Å². The van der Waals surface area contributed by atoms with Gasteiger partial charge in [0.25, 0.3) is 0 Å². The molecule has 0 aliphatic carbocycles. The Kier molecular flexibility index (Phi) is 5.64. The molecule has 0 atom stereocenters. The lowest BCUT2D eigenvalue weighted by Crippen LogP contribution is -2.00. The number of ether oxygens (including phenoxy) is 1. The Bertz CT molecular complexity index is 364. The van der Waals surface area contributed by atoms with Crippen LogP contribution in [0.15, 0.2) is 12.1 Å². The number of rotatable bonds is 6. The lowest BCUT2D eigenvalue weighted by molar-refractivity contribution is 0.111. The van der Waals surface area contributed by atoms with Crippen LogP contribution in [-0.4, -0.2) is 12.9 Å². The molecular weight excluding hydrogens is 247 g/mol. The molecule has 88 valence electrons. The molecule has 0 saturated carbocycles. The summed E-state index contributed by atoms with van der Waals surface area (Å²) in [7, 11) is 0. The number of carbonyl (C=O) groups is 1. The summed E-state index contributed by atoms with van der Waals surface area (Å²) in [6.45, 7) is 2.68. The first kappa shape index (κ1) is 13.3. The summed E-state index contributed by atoms with van der Waals surface area (Å²) >= 11 is 11.7. The predicted molar refractivity (Wildman–Crippen MR) is 66.9 cm³/mol. The van der Waals surface area contributed by atoms with E-state index >= 15 is 0 Å². The summed E-state index contributed by atoms with van der Waals surface area (Å²) < 4.78 is 5.49. The van der Waals surface area contributed by atoms with Gasteiger partial charge in [-0.15, -0.1) is 0 Å². The van der Waals surface area contributed by atoms with Crippen molar-refractivity contribution in [1.82, 2.24) is 0 Å². The maximum atomic E-state index is 10.8. The molecule has 0 fully saturated rings. The van der Waals surface area contributed by atoms with Crippen molar-refractivity contribution in [2.45, 2.75) is 26.2 Å². The number of unbranched alkanes of at least 4 members (excludes halogenated alkanes) is 2. The van der Waals surface area contributed by atoms with Gasteiger partial charge in [-0.25, -0.2) is 0 Å². The quantitative estimate of drug-likeness (QED) is 0.561. The summed E-state index contributed by atoms with van der Waals surface area (Å²) in [6, 6.07) is 3.13. The van der Waals surface area contributed by atoms with Crippen LogP contribution in [0, 0.1) is 0 Å². The van der Waals surface area contributed by atoms with Crippen molar-refractivity contribution < 1.29 is 9.53 Å². The third kappa shape index (κ3) is 3.69. The monoisotopic (exact) mass is 260 g/mol. The van der Waals surface area contributed by atoms with Gasteiger partial charge < -0.3 is 4.74 Å². The topological polar surface area (TPSA) is 26.3 Å². The van der Waals surface area contributed by atoms with E-state index in [1.807, 2.05) is 0 Å². The minimum absolute atomic E-state index is 0.381. The molecule has 0 aliphatic heterocycles. The van der Waals surface area contributed by atoms with Gasteiger partial charge in [-0.05, 0) is 18.6 Å². The van der Waals surface area contributed by atoms with Gasteiger partial charge in [0.1, 0.15) is 5.75 Å². The average Bonchev–Trinajstić information content (AvgIpc) is 2.26. The van der Waals surface area contributed by atoms with Crippen molar-refractivity contribution in [3.05, 3.63) is 27.7 Å². The molecule has 4 heteroatoms. The fourth-order valence-corrected chi connectivity index (χ4v) is 1.91. The lowest BCUT2D eigenvalue weighted by Gasteiger charge is -2.10. The molecule has 0 heterocycles. The number of hydrogen-bond acceptors (Lipinski definition) is 2. The standard InChI is InChI=1S/C12H14Cl2O2/c1-2-3-4-5-16-12-9(8-15)6-10(13)7-11(12)14/h6-8H,2-5H2,1H3. The maximum Gasteiger partial charge on any atom is 0.153 e. The van der Waals surface area contributed by atoms with Gasteiger partial charge in [0.2, 0.25) is 0 Å². The molecule has 2 nitrogen and oxygen atoms in total. The van der Waals surface area contributed by atoms with Crippen molar-refractivity contribution in [3.8, 4) is 5.75 Å². The molecule has 16 heavy (non-hydrogen) atoms. The van der Waals surface area contributed by atoms with Gasteiger partial charge in [0.05, 0.1) is 17.2 Å². The van der Waals surface area contributed by atoms with Crippen LogP contribution in [0.5, 0.6) is 5.75 Å². The van der Waals surface area contributed by atoms with Crippen LogP contribution >= 0.6 is 23.2 Å². The average molecular weight is 261 g/mol. The summed E-state index contributed by atoms with van der Waals surface area (Å²) in [4.78, 5) is 10.8. The molecule has 0 aromatic heterocycles. The van der Waals surface area contributed by atoms with Gasteiger partial charge in [0, 0.05) is 5.02 Å². The second-order valence-corrected chi connectivity index (χ2v) is 4.32. The molecule has 1 rings (SSSR count). The van der Waals surface area contributed by atoms with E-state index in [1.165, 1.54) is 0 Å². The van der Waals surface area contributed by atoms with E-state index in [1.54, 1.807) is 12.1 Å². The van der Waals surface area contributed by atoms with Gasteiger partial charge >= 0.3 is 0 Å². The molecule has 0 radical (unpaired) electrons. The zero-order valence-corrected chi connectivity index (χ0v) is 10.6. The second kappa shape index (κ2) is 6.77. The van der Waals surface area contributed by atoms with Crippen LogP contribution in [0.1, 0.15) is 36.5 Å². The predicted octanol–water partition coefficient (Wildman–Crippen LogP) is 4.37. The molecule has 0 amide bonds. The van der Waals surface area contributed by atoms with Gasteiger partial charge in [-0.3, -0.25) is 4.79 Å². The number of hydrogen-bond donors (Lipinski definition) is 0. The van der Waals surface area contributed by atoms with Crippen molar-refractivity contribution >= 4 is 29.5 Å². The first-order valence-corrected chi connectivity index (χ1v) is 6.01. The Hall–Kier alpha value is -0.730. The van der Waals surface area contributed by atoms with Crippen molar-refractivity contribution in [2.24, 2.45) is 0 Å². The summed E-state index contributed by atoms with van der Waals surface area (Å²) in [5.41, 5.74) is 0.397. The van der Waals surface area contributed by atoms with Gasteiger partial charge in [-0.1, -0.05) is 43.0 Å². The smallest absolute Gasteiger partial charge is 0.153 e. The molecule has 1 aromatic rings. The van der Waals surface area contributed by atoms with Crippen LogP contribution in [0.25, 0.3) is 0 Å². The molecule has 0 spiro atoms. The highest BCUT2D eigenvalue weighted by Gasteiger charge is 2.09. The SMILES string of the molecule is CCCCCOc1c(Cl)cc(Cl)cc1C=O. The number of carbonyl (C=O) groups excluding carboxylic acids is 1. The number of benzene rings is 1. The minimum Gasteiger partial charge on any atom is -0.491 e. The highest BCUT2D eigenvalue weighted by atomic mass is 35.5. The van der Waals surface area contributed by atoms with Crippen LogP contribution in [-0.2, 0) is 0 Å². The fourth-order valence-electron chi connectivity index (χ4n) is 1.35. The highest BCUT2D eigenvalue weighted by Crippen LogP contribution is 2.31. The lowest BCUT2D eigenvalue weighted by atomic mass is 10.2. The van der Waals surface area contributed by atoms with Crippen LogP contribution in [0.3, 0.4) is 0 Å². The minimum atomic E-state index is 0.381. The number of aldehydes is 1.